The number of aliphatic hydroxyl groups excluding tert-OH is 1. The molecule has 2 aromatic carbocycles. The highest BCUT2D eigenvalue weighted by Gasteiger charge is 2.15. The van der Waals surface area contributed by atoms with E-state index in [9.17, 15) is 9.50 Å². The molecule has 0 spiro atoms. The molecule has 1 atom stereocenters. The van der Waals surface area contributed by atoms with E-state index in [1.165, 1.54) is 23.8 Å². The van der Waals surface area contributed by atoms with Crippen LogP contribution in [0.3, 0.4) is 0 Å². The molecule has 0 amide bonds. The molecule has 0 saturated heterocycles. The SMILES string of the molecule is CCCc1ccc(C(O)c2cc(Cl)ccc2F)cc1. The van der Waals surface area contributed by atoms with Gasteiger partial charge in [-0.05, 0) is 35.7 Å². The molecule has 0 aliphatic rings. The van der Waals surface area contributed by atoms with Crippen molar-refractivity contribution in [1.29, 1.82) is 0 Å². The van der Waals surface area contributed by atoms with Crippen molar-refractivity contribution in [3.8, 4) is 0 Å². The van der Waals surface area contributed by atoms with Gasteiger partial charge in [-0.15, -0.1) is 0 Å². The molecule has 1 N–H and O–H groups in total. The van der Waals surface area contributed by atoms with E-state index in [0.717, 1.165) is 12.8 Å². The van der Waals surface area contributed by atoms with Crippen molar-refractivity contribution in [3.63, 3.8) is 0 Å². The summed E-state index contributed by atoms with van der Waals surface area (Å²) < 4.78 is 13.7. The third-order valence-corrected chi connectivity index (χ3v) is 3.32. The largest absolute Gasteiger partial charge is 0.384 e. The van der Waals surface area contributed by atoms with Crippen LogP contribution in [0.25, 0.3) is 0 Å². The molecule has 19 heavy (non-hydrogen) atoms. The van der Waals surface area contributed by atoms with Crippen LogP contribution in [0, 0.1) is 5.82 Å². The standard InChI is InChI=1S/C16H16ClFO/c1-2-3-11-4-6-12(7-5-11)16(19)14-10-13(17)8-9-15(14)18/h4-10,16,19H,2-3H2,1H3. The molecule has 0 aliphatic heterocycles. The summed E-state index contributed by atoms with van der Waals surface area (Å²) in [6, 6.07) is 11.8. The van der Waals surface area contributed by atoms with Crippen molar-refractivity contribution in [2.75, 3.05) is 0 Å². The lowest BCUT2D eigenvalue weighted by Gasteiger charge is -2.13. The predicted octanol–water partition coefficient (Wildman–Crippen LogP) is 4.51. The van der Waals surface area contributed by atoms with Crippen LogP contribution in [-0.2, 0) is 6.42 Å². The maximum Gasteiger partial charge on any atom is 0.129 e. The first-order valence-corrected chi connectivity index (χ1v) is 6.71. The minimum absolute atomic E-state index is 0.204. The van der Waals surface area contributed by atoms with Gasteiger partial charge in [-0.3, -0.25) is 0 Å². The number of hydrogen-bond donors (Lipinski definition) is 1. The zero-order valence-electron chi connectivity index (χ0n) is 10.7. The average molecular weight is 279 g/mol. The van der Waals surface area contributed by atoms with E-state index in [4.69, 9.17) is 11.6 Å². The van der Waals surface area contributed by atoms with Crippen LogP contribution in [0.2, 0.25) is 5.02 Å². The summed E-state index contributed by atoms with van der Waals surface area (Å²) in [7, 11) is 0. The maximum atomic E-state index is 13.7. The average Bonchev–Trinajstić information content (AvgIpc) is 2.42. The molecule has 0 aromatic heterocycles. The second kappa shape index (κ2) is 6.18. The summed E-state index contributed by atoms with van der Waals surface area (Å²) in [5.41, 5.74) is 2.08. The number of halogens is 2. The first-order chi connectivity index (χ1) is 9.11. The van der Waals surface area contributed by atoms with Crippen molar-refractivity contribution in [2.24, 2.45) is 0 Å². The molecule has 0 aliphatic carbocycles. The molecular weight excluding hydrogens is 263 g/mol. The van der Waals surface area contributed by atoms with Gasteiger partial charge in [0.15, 0.2) is 0 Å². The van der Waals surface area contributed by atoms with Gasteiger partial charge >= 0.3 is 0 Å². The molecule has 0 bridgehead atoms. The van der Waals surface area contributed by atoms with Crippen molar-refractivity contribution in [1.82, 2.24) is 0 Å². The van der Waals surface area contributed by atoms with Gasteiger partial charge in [-0.2, -0.15) is 0 Å². The third kappa shape index (κ3) is 3.34. The summed E-state index contributed by atoms with van der Waals surface area (Å²) >= 11 is 5.84. The van der Waals surface area contributed by atoms with E-state index in [-0.39, 0.29) is 5.56 Å². The van der Waals surface area contributed by atoms with Crippen molar-refractivity contribution in [3.05, 3.63) is 70.0 Å². The van der Waals surface area contributed by atoms with Crippen LogP contribution in [0.15, 0.2) is 42.5 Å². The van der Waals surface area contributed by atoms with Gasteiger partial charge in [0.25, 0.3) is 0 Å². The van der Waals surface area contributed by atoms with Crippen LogP contribution < -0.4 is 0 Å². The fraction of sp³-hybridized carbons (Fsp3) is 0.250. The van der Waals surface area contributed by atoms with Gasteiger partial charge < -0.3 is 5.11 Å². The molecule has 0 fully saturated rings. The summed E-state index contributed by atoms with van der Waals surface area (Å²) in [5.74, 6) is -0.450. The number of benzene rings is 2. The first kappa shape index (κ1) is 14.0. The van der Waals surface area contributed by atoms with Crippen LogP contribution >= 0.6 is 11.6 Å². The Hall–Kier alpha value is -1.38. The van der Waals surface area contributed by atoms with E-state index in [0.29, 0.717) is 10.6 Å². The molecule has 2 aromatic rings. The lowest BCUT2D eigenvalue weighted by atomic mass is 9.99. The Morgan fingerprint density at radius 2 is 1.84 bits per heavy atom. The fourth-order valence-corrected chi connectivity index (χ4v) is 2.24. The summed E-state index contributed by atoms with van der Waals surface area (Å²) in [6.45, 7) is 2.12. The Bertz CT molecular complexity index is 551. The van der Waals surface area contributed by atoms with E-state index in [1.54, 1.807) is 0 Å². The Kier molecular flexibility index (Phi) is 4.56. The van der Waals surface area contributed by atoms with Crippen LogP contribution in [0.5, 0.6) is 0 Å². The number of hydrogen-bond acceptors (Lipinski definition) is 1. The Morgan fingerprint density at radius 1 is 1.16 bits per heavy atom. The zero-order valence-corrected chi connectivity index (χ0v) is 11.5. The minimum atomic E-state index is -0.991. The van der Waals surface area contributed by atoms with Gasteiger partial charge in [0, 0.05) is 10.6 Å². The van der Waals surface area contributed by atoms with Crippen LogP contribution in [0.1, 0.15) is 36.1 Å². The lowest BCUT2D eigenvalue weighted by molar-refractivity contribution is 0.215. The molecule has 0 radical (unpaired) electrons. The topological polar surface area (TPSA) is 20.2 Å². The molecule has 2 rings (SSSR count). The number of aliphatic hydroxyl groups is 1. The Balaban J connectivity index is 2.27. The van der Waals surface area contributed by atoms with E-state index >= 15 is 0 Å². The second-order valence-electron chi connectivity index (χ2n) is 4.56. The molecule has 0 heterocycles. The van der Waals surface area contributed by atoms with E-state index < -0.39 is 11.9 Å². The van der Waals surface area contributed by atoms with Gasteiger partial charge in [-0.25, -0.2) is 4.39 Å². The quantitative estimate of drug-likeness (QED) is 0.872. The van der Waals surface area contributed by atoms with Gasteiger partial charge in [0.1, 0.15) is 11.9 Å². The summed E-state index contributed by atoms with van der Waals surface area (Å²) in [5, 5.41) is 10.6. The summed E-state index contributed by atoms with van der Waals surface area (Å²) in [4.78, 5) is 0. The third-order valence-electron chi connectivity index (χ3n) is 3.09. The zero-order chi connectivity index (χ0) is 13.8. The first-order valence-electron chi connectivity index (χ1n) is 6.33. The van der Waals surface area contributed by atoms with Crippen LogP contribution in [-0.4, -0.2) is 5.11 Å². The molecular formula is C16H16ClFO. The van der Waals surface area contributed by atoms with Crippen molar-refractivity contribution in [2.45, 2.75) is 25.9 Å². The van der Waals surface area contributed by atoms with Crippen molar-refractivity contribution >= 4 is 11.6 Å². The van der Waals surface area contributed by atoms with Gasteiger partial charge in [0.05, 0.1) is 0 Å². The van der Waals surface area contributed by atoms with Gasteiger partial charge in [-0.1, -0.05) is 49.2 Å². The molecule has 1 unspecified atom stereocenters. The lowest BCUT2D eigenvalue weighted by Crippen LogP contribution is -2.02. The molecule has 100 valence electrons. The smallest absolute Gasteiger partial charge is 0.129 e. The highest BCUT2D eigenvalue weighted by molar-refractivity contribution is 6.30. The minimum Gasteiger partial charge on any atom is -0.384 e. The monoisotopic (exact) mass is 278 g/mol. The highest BCUT2D eigenvalue weighted by Crippen LogP contribution is 2.27. The number of aryl methyl sites for hydroxylation is 1. The molecule has 1 nitrogen and oxygen atoms in total. The maximum absolute atomic E-state index is 13.7. The van der Waals surface area contributed by atoms with E-state index in [2.05, 4.69) is 6.92 Å². The second-order valence-corrected chi connectivity index (χ2v) is 5.00. The predicted molar refractivity (Wildman–Crippen MR) is 75.9 cm³/mol. The number of rotatable bonds is 4. The van der Waals surface area contributed by atoms with Crippen LogP contribution in [0.4, 0.5) is 4.39 Å². The molecule has 0 saturated carbocycles. The summed E-state index contributed by atoms with van der Waals surface area (Å²) in [6.07, 6.45) is 1.08. The normalized spacial score (nSPS) is 12.4. The Morgan fingerprint density at radius 3 is 2.47 bits per heavy atom. The van der Waals surface area contributed by atoms with Crippen molar-refractivity contribution < 1.29 is 9.50 Å². The Labute approximate surface area is 117 Å². The fourth-order valence-electron chi connectivity index (χ4n) is 2.06. The van der Waals surface area contributed by atoms with E-state index in [1.807, 2.05) is 24.3 Å². The van der Waals surface area contributed by atoms with Gasteiger partial charge in [0.2, 0.25) is 0 Å². The highest BCUT2D eigenvalue weighted by atomic mass is 35.5. The molecule has 3 heteroatoms.